The highest BCUT2D eigenvalue weighted by Gasteiger charge is 2.35. The minimum atomic E-state index is -3.78. The quantitative estimate of drug-likeness (QED) is 0.443. The van der Waals surface area contributed by atoms with Gasteiger partial charge in [-0.25, -0.2) is 13.4 Å². The van der Waals surface area contributed by atoms with Gasteiger partial charge in [-0.15, -0.1) is 11.3 Å². The van der Waals surface area contributed by atoms with Crippen LogP contribution in [-0.4, -0.2) is 68.9 Å². The number of ether oxygens (including phenoxy) is 1. The lowest BCUT2D eigenvalue weighted by atomic mass is 9.99. The van der Waals surface area contributed by atoms with Crippen LogP contribution in [0.3, 0.4) is 0 Å². The van der Waals surface area contributed by atoms with Gasteiger partial charge in [0.15, 0.2) is 5.13 Å². The largest absolute Gasteiger partial charge is 0.492 e. The number of thiazole rings is 1. The normalized spacial score (nSPS) is 16.6. The highest BCUT2D eigenvalue weighted by atomic mass is 32.2. The molecule has 1 atom stereocenters. The van der Waals surface area contributed by atoms with Crippen molar-refractivity contribution in [1.29, 1.82) is 0 Å². The predicted molar refractivity (Wildman–Crippen MR) is 151 cm³/mol. The Morgan fingerprint density at radius 1 is 1.15 bits per heavy atom. The van der Waals surface area contributed by atoms with Crippen LogP contribution in [0.2, 0.25) is 0 Å². The zero-order valence-corrected chi connectivity index (χ0v) is 23.5. The van der Waals surface area contributed by atoms with Gasteiger partial charge in [-0.1, -0.05) is 12.1 Å². The molecule has 2 amide bonds. The van der Waals surface area contributed by atoms with Gasteiger partial charge in [0.05, 0.1) is 17.2 Å². The van der Waals surface area contributed by atoms with E-state index in [-0.39, 0.29) is 28.4 Å². The molecule has 3 heterocycles. The summed E-state index contributed by atoms with van der Waals surface area (Å²) in [4.78, 5) is 36.0. The SMILES string of the molecule is CCOc1cccc2c1N([C@H](C)C(=O)N1CCN(c3ccc(S(=O)(=O)Nc4nccs4)cc3)C(=O)C1)CCC2. The molecule has 2 aliphatic rings. The van der Waals surface area contributed by atoms with Crippen LogP contribution in [0.4, 0.5) is 16.5 Å². The molecule has 12 heteroatoms. The number of nitrogens with zero attached hydrogens (tertiary/aromatic N) is 4. The van der Waals surface area contributed by atoms with E-state index in [1.54, 1.807) is 27.3 Å². The van der Waals surface area contributed by atoms with Crippen molar-refractivity contribution in [2.24, 2.45) is 0 Å². The summed E-state index contributed by atoms with van der Waals surface area (Å²) in [5.41, 5.74) is 2.72. The molecule has 0 aliphatic carbocycles. The fourth-order valence-corrected chi connectivity index (χ4v) is 6.88. The van der Waals surface area contributed by atoms with E-state index < -0.39 is 16.1 Å². The lowest BCUT2D eigenvalue weighted by Gasteiger charge is -2.40. The second-order valence-corrected chi connectivity index (χ2v) is 12.0. The van der Waals surface area contributed by atoms with E-state index in [9.17, 15) is 18.0 Å². The van der Waals surface area contributed by atoms with E-state index in [1.807, 2.05) is 26.0 Å². The van der Waals surface area contributed by atoms with Crippen LogP contribution in [0.5, 0.6) is 5.75 Å². The second kappa shape index (κ2) is 11.2. The molecule has 0 spiro atoms. The van der Waals surface area contributed by atoms with Crippen molar-refractivity contribution >= 4 is 49.7 Å². The molecule has 2 aromatic carbocycles. The van der Waals surface area contributed by atoms with E-state index >= 15 is 0 Å². The number of hydrogen-bond donors (Lipinski definition) is 1. The van der Waals surface area contributed by atoms with Crippen molar-refractivity contribution in [2.75, 3.05) is 47.3 Å². The summed E-state index contributed by atoms with van der Waals surface area (Å²) in [6.07, 6.45) is 3.40. The molecule has 2 aliphatic heterocycles. The van der Waals surface area contributed by atoms with Gasteiger partial charge < -0.3 is 19.4 Å². The number of rotatable bonds is 8. The van der Waals surface area contributed by atoms with Gasteiger partial charge in [-0.2, -0.15) is 0 Å². The predicted octanol–water partition coefficient (Wildman–Crippen LogP) is 3.36. The van der Waals surface area contributed by atoms with Crippen molar-refractivity contribution in [2.45, 2.75) is 37.6 Å². The van der Waals surface area contributed by atoms with Crippen LogP contribution in [0.15, 0.2) is 58.9 Å². The molecule has 206 valence electrons. The Labute approximate surface area is 232 Å². The van der Waals surface area contributed by atoms with Crippen molar-refractivity contribution in [3.8, 4) is 5.75 Å². The van der Waals surface area contributed by atoms with E-state index in [0.29, 0.717) is 25.4 Å². The standard InChI is InChI=1S/C27H31N5O5S2/c1-3-37-23-8-4-6-20-7-5-14-31(25(20)23)19(2)26(34)30-15-16-32(24(33)18-30)21-9-11-22(12-10-21)39(35,36)29-27-28-13-17-38-27/h4,6,8-13,17,19H,3,5,7,14-16,18H2,1-2H3,(H,28,29)/t19-/m1/s1. The Morgan fingerprint density at radius 3 is 2.64 bits per heavy atom. The monoisotopic (exact) mass is 569 g/mol. The van der Waals surface area contributed by atoms with E-state index in [0.717, 1.165) is 30.8 Å². The number of fused-ring (bicyclic) bond motifs is 1. The number of hydrogen-bond acceptors (Lipinski definition) is 8. The van der Waals surface area contributed by atoms with E-state index in [2.05, 4.69) is 20.7 Å². The molecule has 10 nitrogen and oxygen atoms in total. The molecule has 1 saturated heterocycles. The number of amides is 2. The third kappa shape index (κ3) is 5.57. The molecule has 0 radical (unpaired) electrons. The molecule has 5 rings (SSSR count). The first-order chi connectivity index (χ1) is 18.8. The average Bonchev–Trinajstić information content (AvgIpc) is 3.44. The lowest BCUT2D eigenvalue weighted by Crippen LogP contribution is -2.57. The minimum Gasteiger partial charge on any atom is -0.492 e. The Kier molecular flexibility index (Phi) is 7.76. The van der Waals surface area contributed by atoms with Gasteiger partial charge in [0.2, 0.25) is 11.8 Å². The molecule has 1 N–H and O–H groups in total. The zero-order chi connectivity index (χ0) is 27.6. The average molecular weight is 570 g/mol. The summed E-state index contributed by atoms with van der Waals surface area (Å²) in [7, 11) is -3.78. The summed E-state index contributed by atoms with van der Waals surface area (Å²) >= 11 is 1.19. The smallest absolute Gasteiger partial charge is 0.263 e. The second-order valence-electron chi connectivity index (χ2n) is 9.41. The first kappa shape index (κ1) is 26.9. The lowest BCUT2D eigenvalue weighted by molar-refractivity contribution is -0.137. The molecule has 0 bridgehead atoms. The van der Waals surface area contributed by atoms with Crippen molar-refractivity contribution in [3.05, 3.63) is 59.6 Å². The molecule has 3 aromatic rings. The fraction of sp³-hybridized carbons (Fsp3) is 0.370. The topological polar surface area (TPSA) is 112 Å². The number of carbonyl (C=O) groups excluding carboxylic acids is 2. The number of benzene rings is 2. The number of anilines is 3. The molecule has 1 aromatic heterocycles. The number of carbonyl (C=O) groups is 2. The van der Waals surface area contributed by atoms with Crippen LogP contribution in [0, 0.1) is 0 Å². The maximum atomic E-state index is 13.5. The Balaban J connectivity index is 1.25. The molecular weight excluding hydrogens is 538 g/mol. The first-order valence-corrected chi connectivity index (χ1v) is 15.3. The number of sulfonamides is 1. The minimum absolute atomic E-state index is 0.0391. The highest BCUT2D eigenvalue weighted by molar-refractivity contribution is 7.93. The highest BCUT2D eigenvalue weighted by Crippen LogP contribution is 2.38. The molecular formula is C27H31N5O5S2. The Bertz CT molecular complexity index is 1440. The Hall–Kier alpha value is -3.64. The summed E-state index contributed by atoms with van der Waals surface area (Å²) in [5, 5.41) is 1.97. The molecule has 0 unspecified atom stereocenters. The van der Waals surface area contributed by atoms with Crippen LogP contribution in [0.25, 0.3) is 0 Å². The third-order valence-corrected chi connectivity index (χ3v) is 9.16. The van der Waals surface area contributed by atoms with E-state index in [4.69, 9.17) is 4.74 Å². The third-order valence-electron chi connectivity index (χ3n) is 6.98. The van der Waals surface area contributed by atoms with Gasteiger partial charge in [0.25, 0.3) is 10.0 Å². The van der Waals surface area contributed by atoms with Crippen molar-refractivity contribution in [3.63, 3.8) is 0 Å². The summed E-state index contributed by atoms with van der Waals surface area (Å²) in [6, 6.07) is 11.7. The molecule has 39 heavy (non-hydrogen) atoms. The molecule has 1 fully saturated rings. The zero-order valence-electron chi connectivity index (χ0n) is 21.9. The number of para-hydroxylation sites is 1. The van der Waals surface area contributed by atoms with Crippen molar-refractivity contribution in [1.82, 2.24) is 9.88 Å². The van der Waals surface area contributed by atoms with Crippen LogP contribution >= 0.6 is 11.3 Å². The maximum absolute atomic E-state index is 13.5. The Morgan fingerprint density at radius 2 is 1.95 bits per heavy atom. The van der Waals surface area contributed by atoms with Gasteiger partial charge in [-0.05, 0) is 62.6 Å². The first-order valence-electron chi connectivity index (χ1n) is 12.9. The van der Waals surface area contributed by atoms with Gasteiger partial charge in [0, 0.05) is 36.9 Å². The van der Waals surface area contributed by atoms with Gasteiger partial charge >= 0.3 is 0 Å². The number of aromatic nitrogens is 1. The summed E-state index contributed by atoms with van der Waals surface area (Å²) in [6.45, 7) is 5.77. The number of nitrogens with one attached hydrogen (secondary N) is 1. The van der Waals surface area contributed by atoms with Crippen LogP contribution < -0.4 is 19.3 Å². The maximum Gasteiger partial charge on any atom is 0.263 e. The van der Waals surface area contributed by atoms with Crippen LogP contribution in [0.1, 0.15) is 25.8 Å². The van der Waals surface area contributed by atoms with E-state index in [1.165, 1.54) is 35.2 Å². The molecule has 0 saturated carbocycles. The number of aryl methyl sites for hydroxylation is 1. The van der Waals surface area contributed by atoms with Gasteiger partial charge in [-0.3, -0.25) is 14.3 Å². The van der Waals surface area contributed by atoms with Gasteiger partial charge in [0.1, 0.15) is 18.3 Å². The van der Waals surface area contributed by atoms with Crippen molar-refractivity contribution < 1.29 is 22.7 Å². The fourth-order valence-electron chi connectivity index (χ4n) is 5.09. The summed E-state index contributed by atoms with van der Waals surface area (Å²) in [5.74, 6) is 0.465. The summed E-state index contributed by atoms with van der Waals surface area (Å²) < 4.78 is 33.5. The number of piperazine rings is 1. The van der Waals surface area contributed by atoms with Crippen LogP contribution in [-0.2, 0) is 26.0 Å².